The van der Waals surface area contributed by atoms with Gasteiger partial charge in [0.05, 0.1) is 18.4 Å². The monoisotopic (exact) mass is 314 g/mol. The molecular formula is C12H15BrN2O3. The molecule has 1 amide bonds. The van der Waals surface area contributed by atoms with Crippen LogP contribution in [-0.2, 0) is 11.3 Å². The van der Waals surface area contributed by atoms with E-state index >= 15 is 0 Å². The summed E-state index contributed by atoms with van der Waals surface area (Å²) in [4.78, 5) is 16.4. The number of rotatable bonds is 3. The number of hydrogen-bond acceptors (Lipinski definition) is 3. The van der Waals surface area contributed by atoms with Crippen LogP contribution in [-0.4, -0.2) is 40.3 Å². The highest BCUT2D eigenvalue weighted by Crippen LogP contribution is 2.15. The number of aromatic nitrogens is 1. The Morgan fingerprint density at radius 3 is 2.78 bits per heavy atom. The number of nitrogens with zero attached hydrogens (tertiary/aromatic N) is 2. The topological polar surface area (TPSA) is 62.7 Å². The number of pyridine rings is 1. The molecule has 0 spiro atoms. The van der Waals surface area contributed by atoms with E-state index in [0.29, 0.717) is 19.7 Å². The molecule has 0 radical (unpaired) electrons. The molecule has 0 saturated carbocycles. The summed E-state index contributed by atoms with van der Waals surface area (Å²) in [5.41, 5.74) is 0.888. The van der Waals surface area contributed by atoms with Crippen molar-refractivity contribution in [3.63, 3.8) is 0 Å². The van der Waals surface area contributed by atoms with E-state index in [0.717, 1.165) is 23.0 Å². The second-order valence-corrected chi connectivity index (χ2v) is 5.16. The average molecular weight is 315 g/mol. The molecule has 1 aromatic heterocycles. The van der Waals surface area contributed by atoms with Gasteiger partial charge in [0.1, 0.15) is 0 Å². The van der Waals surface area contributed by atoms with Crippen molar-refractivity contribution in [2.45, 2.75) is 25.6 Å². The maximum absolute atomic E-state index is 10.7. The average Bonchev–Trinajstić information content (AvgIpc) is 2.38. The standard InChI is InChI=1S/C12H15BrN2O3/c13-9-1-2-10(14-7-9)8-18-11-3-5-15(6-4-11)12(16)17/h1-2,7,11H,3-6,8H2,(H,16,17). The molecule has 6 heteroatoms. The molecule has 0 aromatic carbocycles. The van der Waals surface area contributed by atoms with Crippen molar-refractivity contribution in [3.8, 4) is 0 Å². The number of likely N-dealkylation sites (tertiary alicyclic amines) is 1. The Balaban J connectivity index is 1.75. The lowest BCUT2D eigenvalue weighted by Gasteiger charge is -2.29. The van der Waals surface area contributed by atoms with Gasteiger partial charge in [-0.3, -0.25) is 4.98 Å². The Bertz CT molecular complexity index is 402. The molecule has 0 bridgehead atoms. The second kappa shape index (κ2) is 6.15. The minimum atomic E-state index is -0.844. The Kier molecular flexibility index (Phi) is 4.54. The molecule has 1 N–H and O–H groups in total. The van der Waals surface area contributed by atoms with Crippen molar-refractivity contribution in [1.29, 1.82) is 0 Å². The zero-order valence-electron chi connectivity index (χ0n) is 9.88. The predicted molar refractivity (Wildman–Crippen MR) is 69.3 cm³/mol. The highest BCUT2D eigenvalue weighted by atomic mass is 79.9. The van der Waals surface area contributed by atoms with Gasteiger partial charge in [-0.1, -0.05) is 0 Å². The zero-order chi connectivity index (χ0) is 13.0. The number of carboxylic acid groups (broad SMARTS) is 1. The van der Waals surface area contributed by atoms with Gasteiger partial charge in [-0.05, 0) is 40.9 Å². The lowest BCUT2D eigenvalue weighted by molar-refractivity contribution is -0.000938. The second-order valence-electron chi connectivity index (χ2n) is 4.25. The van der Waals surface area contributed by atoms with E-state index in [2.05, 4.69) is 20.9 Å². The van der Waals surface area contributed by atoms with E-state index in [1.165, 1.54) is 4.90 Å². The molecule has 2 heterocycles. The summed E-state index contributed by atoms with van der Waals surface area (Å²) in [6.07, 6.45) is 2.53. The van der Waals surface area contributed by atoms with E-state index in [1.54, 1.807) is 6.20 Å². The summed E-state index contributed by atoms with van der Waals surface area (Å²) in [6.45, 7) is 1.58. The lowest BCUT2D eigenvalue weighted by atomic mass is 10.1. The minimum Gasteiger partial charge on any atom is -0.465 e. The van der Waals surface area contributed by atoms with Crippen molar-refractivity contribution < 1.29 is 14.6 Å². The summed E-state index contributed by atoms with van der Waals surface area (Å²) in [7, 11) is 0. The first-order chi connectivity index (χ1) is 8.65. The molecule has 98 valence electrons. The molecule has 1 saturated heterocycles. The maximum Gasteiger partial charge on any atom is 0.407 e. The number of halogens is 1. The molecule has 1 aromatic rings. The Labute approximate surface area is 114 Å². The molecule has 0 aliphatic carbocycles. The van der Waals surface area contributed by atoms with Crippen LogP contribution in [0.15, 0.2) is 22.8 Å². The zero-order valence-corrected chi connectivity index (χ0v) is 11.5. The van der Waals surface area contributed by atoms with Crippen molar-refractivity contribution in [3.05, 3.63) is 28.5 Å². The van der Waals surface area contributed by atoms with Crippen LogP contribution in [0.2, 0.25) is 0 Å². The van der Waals surface area contributed by atoms with E-state index < -0.39 is 6.09 Å². The van der Waals surface area contributed by atoms with Gasteiger partial charge in [0.2, 0.25) is 0 Å². The number of carbonyl (C=O) groups is 1. The van der Waals surface area contributed by atoms with Crippen LogP contribution in [0.1, 0.15) is 18.5 Å². The van der Waals surface area contributed by atoms with Crippen molar-refractivity contribution in [1.82, 2.24) is 9.88 Å². The third-order valence-corrected chi connectivity index (χ3v) is 3.44. The number of amides is 1. The van der Waals surface area contributed by atoms with Crippen LogP contribution >= 0.6 is 15.9 Å². The number of ether oxygens (including phenoxy) is 1. The van der Waals surface area contributed by atoms with Crippen LogP contribution in [0.3, 0.4) is 0 Å². The van der Waals surface area contributed by atoms with Gasteiger partial charge in [0.15, 0.2) is 0 Å². The van der Waals surface area contributed by atoms with Crippen LogP contribution < -0.4 is 0 Å². The first-order valence-electron chi connectivity index (χ1n) is 5.85. The fraction of sp³-hybridized carbons (Fsp3) is 0.500. The molecule has 5 nitrogen and oxygen atoms in total. The maximum atomic E-state index is 10.7. The normalized spacial score (nSPS) is 16.8. The fourth-order valence-electron chi connectivity index (χ4n) is 1.91. The van der Waals surface area contributed by atoms with Gasteiger partial charge in [-0.25, -0.2) is 4.79 Å². The van der Waals surface area contributed by atoms with Crippen LogP contribution in [0.4, 0.5) is 4.79 Å². The molecule has 1 aliphatic rings. The van der Waals surface area contributed by atoms with Gasteiger partial charge in [0.25, 0.3) is 0 Å². The molecule has 2 rings (SSSR count). The molecule has 18 heavy (non-hydrogen) atoms. The van der Waals surface area contributed by atoms with Crippen LogP contribution in [0.25, 0.3) is 0 Å². The van der Waals surface area contributed by atoms with Crippen molar-refractivity contribution >= 4 is 22.0 Å². The van der Waals surface area contributed by atoms with Crippen LogP contribution in [0.5, 0.6) is 0 Å². The third-order valence-electron chi connectivity index (χ3n) is 2.97. The lowest BCUT2D eigenvalue weighted by Crippen LogP contribution is -2.40. The van der Waals surface area contributed by atoms with Crippen LogP contribution in [0, 0.1) is 0 Å². The summed E-state index contributed by atoms with van der Waals surface area (Å²) >= 11 is 3.33. The van der Waals surface area contributed by atoms with Gasteiger partial charge < -0.3 is 14.7 Å². The number of hydrogen-bond donors (Lipinski definition) is 1. The van der Waals surface area contributed by atoms with Gasteiger partial charge in [0, 0.05) is 23.8 Å². The minimum absolute atomic E-state index is 0.131. The van der Waals surface area contributed by atoms with Crippen molar-refractivity contribution in [2.75, 3.05) is 13.1 Å². The van der Waals surface area contributed by atoms with E-state index in [-0.39, 0.29) is 6.10 Å². The fourth-order valence-corrected chi connectivity index (χ4v) is 2.14. The quantitative estimate of drug-likeness (QED) is 0.931. The Morgan fingerprint density at radius 2 is 2.22 bits per heavy atom. The van der Waals surface area contributed by atoms with E-state index in [1.807, 2.05) is 12.1 Å². The van der Waals surface area contributed by atoms with E-state index in [4.69, 9.17) is 9.84 Å². The summed E-state index contributed by atoms with van der Waals surface area (Å²) < 4.78 is 6.68. The van der Waals surface area contributed by atoms with Crippen molar-refractivity contribution in [2.24, 2.45) is 0 Å². The molecule has 1 aliphatic heterocycles. The third kappa shape index (κ3) is 3.68. The summed E-state index contributed by atoms with van der Waals surface area (Å²) in [6, 6.07) is 3.84. The molecule has 0 unspecified atom stereocenters. The molecular weight excluding hydrogens is 300 g/mol. The summed E-state index contributed by atoms with van der Waals surface area (Å²) in [5, 5.41) is 8.83. The van der Waals surface area contributed by atoms with Gasteiger partial charge in [-0.15, -0.1) is 0 Å². The first-order valence-corrected chi connectivity index (χ1v) is 6.64. The smallest absolute Gasteiger partial charge is 0.407 e. The molecule has 0 atom stereocenters. The highest BCUT2D eigenvalue weighted by molar-refractivity contribution is 9.10. The Morgan fingerprint density at radius 1 is 1.50 bits per heavy atom. The SMILES string of the molecule is O=C(O)N1CCC(OCc2ccc(Br)cn2)CC1. The Hall–Kier alpha value is -1.14. The highest BCUT2D eigenvalue weighted by Gasteiger charge is 2.22. The summed E-state index contributed by atoms with van der Waals surface area (Å²) in [5.74, 6) is 0. The first kappa shape index (κ1) is 13.3. The largest absolute Gasteiger partial charge is 0.465 e. The number of piperidine rings is 1. The predicted octanol–water partition coefficient (Wildman–Crippen LogP) is 2.50. The van der Waals surface area contributed by atoms with Gasteiger partial charge in [-0.2, -0.15) is 0 Å². The van der Waals surface area contributed by atoms with E-state index in [9.17, 15) is 4.79 Å². The van der Waals surface area contributed by atoms with Gasteiger partial charge >= 0.3 is 6.09 Å². The molecule has 1 fully saturated rings.